The molecule has 98 valence electrons. The highest BCUT2D eigenvalue weighted by Crippen LogP contribution is 2.49. The number of hydrogen-bond acceptors (Lipinski definition) is 2. The van der Waals surface area contributed by atoms with Crippen molar-refractivity contribution in [3.8, 4) is 0 Å². The summed E-state index contributed by atoms with van der Waals surface area (Å²) < 4.78 is 0. The summed E-state index contributed by atoms with van der Waals surface area (Å²) in [5.74, 6) is 0. The second-order valence-corrected chi connectivity index (χ2v) is 6.00. The van der Waals surface area contributed by atoms with Crippen molar-refractivity contribution in [2.75, 3.05) is 19.6 Å². The van der Waals surface area contributed by atoms with Crippen LogP contribution in [0.1, 0.15) is 37.7 Å². The monoisotopic (exact) mass is 244 g/mol. The number of hydrogen-bond donors (Lipinski definition) is 1. The minimum atomic E-state index is 0.450. The zero-order valence-corrected chi connectivity index (χ0v) is 11.1. The quantitative estimate of drug-likeness (QED) is 0.882. The molecule has 0 spiro atoms. The summed E-state index contributed by atoms with van der Waals surface area (Å²) in [6, 6.07) is 11.7. The van der Waals surface area contributed by atoms with Gasteiger partial charge in [0, 0.05) is 24.5 Å². The molecule has 1 saturated carbocycles. The smallest absolute Gasteiger partial charge is 0.0218 e. The second-order valence-electron chi connectivity index (χ2n) is 6.00. The average molecular weight is 244 g/mol. The highest BCUT2D eigenvalue weighted by molar-refractivity contribution is 5.31. The van der Waals surface area contributed by atoms with Crippen molar-refractivity contribution in [2.45, 2.75) is 43.6 Å². The van der Waals surface area contributed by atoms with E-state index in [-0.39, 0.29) is 0 Å². The van der Waals surface area contributed by atoms with E-state index in [1.54, 1.807) is 0 Å². The fourth-order valence-corrected chi connectivity index (χ4v) is 3.40. The van der Waals surface area contributed by atoms with Crippen LogP contribution < -0.4 is 5.73 Å². The SMILES string of the molecule is NC[C@@H]1CCCCN1CC1(c2ccccc2)CC1. The van der Waals surface area contributed by atoms with Crippen molar-refractivity contribution < 1.29 is 0 Å². The Bertz CT molecular complexity index is 383. The molecule has 1 atom stereocenters. The highest BCUT2D eigenvalue weighted by atomic mass is 15.2. The molecule has 2 N–H and O–H groups in total. The normalized spacial score (nSPS) is 27.1. The van der Waals surface area contributed by atoms with E-state index in [4.69, 9.17) is 5.73 Å². The molecule has 3 rings (SSSR count). The molecule has 1 saturated heterocycles. The van der Waals surface area contributed by atoms with Gasteiger partial charge < -0.3 is 5.73 Å². The number of benzene rings is 1. The van der Waals surface area contributed by atoms with Gasteiger partial charge in [0.25, 0.3) is 0 Å². The largest absolute Gasteiger partial charge is 0.329 e. The van der Waals surface area contributed by atoms with Crippen molar-refractivity contribution in [1.29, 1.82) is 0 Å². The molecule has 18 heavy (non-hydrogen) atoms. The van der Waals surface area contributed by atoms with Gasteiger partial charge in [-0.2, -0.15) is 0 Å². The fourth-order valence-electron chi connectivity index (χ4n) is 3.40. The molecular weight excluding hydrogens is 220 g/mol. The minimum absolute atomic E-state index is 0.450. The molecule has 2 nitrogen and oxygen atoms in total. The van der Waals surface area contributed by atoms with Crippen molar-refractivity contribution in [2.24, 2.45) is 5.73 Å². The van der Waals surface area contributed by atoms with Crippen LogP contribution in [0.4, 0.5) is 0 Å². The van der Waals surface area contributed by atoms with Crippen molar-refractivity contribution in [1.82, 2.24) is 4.90 Å². The average Bonchev–Trinajstić information content (AvgIpc) is 3.21. The molecule has 2 heteroatoms. The summed E-state index contributed by atoms with van der Waals surface area (Å²) in [4.78, 5) is 2.66. The highest BCUT2D eigenvalue weighted by Gasteiger charge is 2.46. The Balaban J connectivity index is 1.72. The first-order valence-corrected chi connectivity index (χ1v) is 7.34. The van der Waals surface area contributed by atoms with Gasteiger partial charge in [-0.25, -0.2) is 0 Å². The van der Waals surface area contributed by atoms with Gasteiger partial charge in [0.05, 0.1) is 0 Å². The van der Waals surface area contributed by atoms with Gasteiger partial charge in [-0.15, -0.1) is 0 Å². The lowest BCUT2D eigenvalue weighted by Gasteiger charge is -2.37. The summed E-state index contributed by atoms with van der Waals surface area (Å²) in [5, 5.41) is 0. The van der Waals surface area contributed by atoms with Gasteiger partial charge in [-0.3, -0.25) is 4.90 Å². The summed E-state index contributed by atoms with van der Waals surface area (Å²) in [6.45, 7) is 3.29. The van der Waals surface area contributed by atoms with Crippen LogP contribution in [0.25, 0.3) is 0 Å². The molecule has 2 fully saturated rings. The summed E-state index contributed by atoms with van der Waals surface area (Å²) in [5.41, 5.74) is 7.91. The molecular formula is C16H24N2. The van der Waals surface area contributed by atoms with E-state index in [2.05, 4.69) is 35.2 Å². The summed E-state index contributed by atoms with van der Waals surface area (Å²) >= 11 is 0. The maximum atomic E-state index is 5.93. The Morgan fingerprint density at radius 3 is 2.61 bits per heavy atom. The summed E-state index contributed by atoms with van der Waals surface area (Å²) in [7, 11) is 0. The number of nitrogens with zero attached hydrogens (tertiary/aromatic N) is 1. The maximum absolute atomic E-state index is 5.93. The molecule has 0 unspecified atom stereocenters. The first-order valence-electron chi connectivity index (χ1n) is 7.34. The van der Waals surface area contributed by atoms with Gasteiger partial charge >= 0.3 is 0 Å². The van der Waals surface area contributed by atoms with E-state index >= 15 is 0 Å². The molecule has 1 aliphatic heterocycles. The van der Waals surface area contributed by atoms with Gasteiger partial charge in [0.2, 0.25) is 0 Å². The molecule has 0 aromatic heterocycles. The predicted octanol–water partition coefficient (Wildman–Crippen LogP) is 2.53. The van der Waals surface area contributed by atoms with E-state index < -0.39 is 0 Å². The minimum Gasteiger partial charge on any atom is -0.329 e. The predicted molar refractivity (Wildman–Crippen MR) is 75.6 cm³/mol. The first-order chi connectivity index (χ1) is 8.84. The lowest BCUT2D eigenvalue weighted by atomic mass is 9.92. The van der Waals surface area contributed by atoms with Gasteiger partial charge in [0.1, 0.15) is 0 Å². The van der Waals surface area contributed by atoms with E-state index in [9.17, 15) is 0 Å². The third kappa shape index (κ3) is 2.32. The third-order valence-corrected chi connectivity index (χ3v) is 4.77. The molecule has 0 radical (unpaired) electrons. The van der Waals surface area contributed by atoms with E-state index in [1.165, 1.54) is 50.8 Å². The molecule has 0 bridgehead atoms. The van der Waals surface area contributed by atoms with Crippen molar-refractivity contribution in [3.63, 3.8) is 0 Å². The maximum Gasteiger partial charge on any atom is 0.0218 e. The number of piperidine rings is 1. The van der Waals surface area contributed by atoms with Gasteiger partial charge in [0.15, 0.2) is 0 Å². The molecule has 2 aliphatic rings. The lowest BCUT2D eigenvalue weighted by Crippen LogP contribution is -2.47. The van der Waals surface area contributed by atoms with Gasteiger partial charge in [-0.1, -0.05) is 36.8 Å². The Morgan fingerprint density at radius 1 is 1.17 bits per heavy atom. The Labute approximate surface area is 110 Å². The summed E-state index contributed by atoms with van der Waals surface area (Å²) in [6.07, 6.45) is 6.70. The number of rotatable bonds is 4. The second kappa shape index (κ2) is 5.02. The van der Waals surface area contributed by atoms with Crippen LogP contribution >= 0.6 is 0 Å². The molecule has 1 aromatic carbocycles. The first kappa shape index (κ1) is 12.2. The van der Waals surface area contributed by atoms with Crippen LogP contribution in [-0.2, 0) is 5.41 Å². The molecule has 1 aliphatic carbocycles. The van der Waals surface area contributed by atoms with Crippen LogP contribution in [0.2, 0.25) is 0 Å². The van der Waals surface area contributed by atoms with Crippen molar-refractivity contribution in [3.05, 3.63) is 35.9 Å². The topological polar surface area (TPSA) is 29.3 Å². The van der Waals surface area contributed by atoms with Crippen LogP contribution in [0.5, 0.6) is 0 Å². The molecule has 1 aromatic rings. The standard InChI is InChI=1S/C16H24N2/c17-12-15-8-4-5-11-18(15)13-16(9-10-16)14-6-2-1-3-7-14/h1-3,6-7,15H,4-5,8-13,17H2/t15-/m0/s1. The fraction of sp³-hybridized carbons (Fsp3) is 0.625. The van der Waals surface area contributed by atoms with Crippen LogP contribution in [0.15, 0.2) is 30.3 Å². The van der Waals surface area contributed by atoms with Crippen LogP contribution in [0, 0.1) is 0 Å². The van der Waals surface area contributed by atoms with Gasteiger partial charge in [-0.05, 0) is 37.8 Å². The zero-order valence-electron chi connectivity index (χ0n) is 11.1. The van der Waals surface area contributed by atoms with E-state index in [0.29, 0.717) is 11.5 Å². The van der Waals surface area contributed by atoms with Crippen molar-refractivity contribution >= 4 is 0 Å². The Kier molecular flexibility index (Phi) is 3.40. The lowest BCUT2D eigenvalue weighted by molar-refractivity contribution is 0.139. The van der Waals surface area contributed by atoms with E-state index in [1.807, 2.05) is 0 Å². The Hall–Kier alpha value is -0.860. The Morgan fingerprint density at radius 2 is 1.94 bits per heavy atom. The number of nitrogens with two attached hydrogens (primary N) is 1. The third-order valence-electron chi connectivity index (χ3n) is 4.77. The zero-order chi connectivity index (χ0) is 12.4. The van der Waals surface area contributed by atoms with E-state index in [0.717, 1.165) is 6.54 Å². The molecule has 1 heterocycles. The van der Waals surface area contributed by atoms with Crippen LogP contribution in [-0.4, -0.2) is 30.6 Å². The van der Waals surface area contributed by atoms with Crippen LogP contribution in [0.3, 0.4) is 0 Å². The molecule has 0 amide bonds. The number of likely N-dealkylation sites (tertiary alicyclic amines) is 1.